The summed E-state index contributed by atoms with van der Waals surface area (Å²) in [5.74, 6) is -0.472. The van der Waals surface area contributed by atoms with E-state index in [1.54, 1.807) is 0 Å². The number of halogens is 3. The molecule has 110 valence electrons. The van der Waals surface area contributed by atoms with E-state index in [1.165, 1.54) is 25.0 Å². The van der Waals surface area contributed by atoms with E-state index in [2.05, 4.69) is 5.32 Å². The van der Waals surface area contributed by atoms with Gasteiger partial charge < -0.3 is 11.1 Å². The van der Waals surface area contributed by atoms with Crippen LogP contribution < -0.4 is 11.1 Å². The zero-order valence-corrected chi connectivity index (χ0v) is 10.9. The SMILES string of the molecule is NC(=O)[C@H](CNCC1CC1)c1ccc(C(F)(F)F)cc1. The normalized spacial score (nSPS) is 16.9. The van der Waals surface area contributed by atoms with Crippen molar-refractivity contribution in [3.05, 3.63) is 35.4 Å². The van der Waals surface area contributed by atoms with Crippen molar-refractivity contribution in [1.29, 1.82) is 0 Å². The van der Waals surface area contributed by atoms with Crippen LogP contribution in [0.5, 0.6) is 0 Å². The summed E-state index contributed by atoms with van der Waals surface area (Å²) in [6.45, 7) is 1.18. The van der Waals surface area contributed by atoms with Crippen molar-refractivity contribution in [3.8, 4) is 0 Å². The Morgan fingerprint density at radius 1 is 1.30 bits per heavy atom. The highest BCUT2D eigenvalue weighted by Gasteiger charge is 2.30. The molecule has 0 saturated heterocycles. The lowest BCUT2D eigenvalue weighted by atomic mass is 9.97. The maximum absolute atomic E-state index is 12.5. The number of carbonyl (C=O) groups excluding carboxylic acids is 1. The Morgan fingerprint density at radius 3 is 2.35 bits per heavy atom. The summed E-state index contributed by atoms with van der Waals surface area (Å²) in [7, 11) is 0. The molecule has 3 N–H and O–H groups in total. The summed E-state index contributed by atoms with van der Waals surface area (Å²) in [6.07, 6.45) is -1.99. The Balaban J connectivity index is 2.02. The number of hydrogen-bond acceptors (Lipinski definition) is 2. The van der Waals surface area contributed by atoms with Crippen molar-refractivity contribution >= 4 is 5.91 Å². The molecule has 1 aromatic carbocycles. The number of carbonyl (C=O) groups is 1. The van der Waals surface area contributed by atoms with Crippen molar-refractivity contribution in [2.24, 2.45) is 11.7 Å². The first-order valence-corrected chi connectivity index (χ1v) is 6.55. The minimum Gasteiger partial charge on any atom is -0.369 e. The molecule has 1 saturated carbocycles. The number of benzene rings is 1. The van der Waals surface area contributed by atoms with E-state index in [0.717, 1.165) is 18.7 Å². The van der Waals surface area contributed by atoms with Crippen LogP contribution in [0.2, 0.25) is 0 Å². The number of hydrogen-bond donors (Lipinski definition) is 2. The van der Waals surface area contributed by atoms with E-state index in [9.17, 15) is 18.0 Å². The molecule has 0 spiro atoms. The summed E-state index contributed by atoms with van der Waals surface area (Å²) in [6, 6.07) is 4.59. The van der Waals surface area contributed by atoms with Gasteiger partial charge in [0.2, 0.25) is 5.91 Å². The van der Waals surface area contributed by atoms with Gasteiger partial charge in [0.05, 0.1) is 11.5 Å². The summed E-state index contributed by atoms with van der Waals surface area (Å²) in [4.78, 5) is 11.4. The topological polar surface area (TPSA) is 55.1 Å². The molecule has 6 heteroatoms. The molecule has 1 aliphatic carbocycles. The predicted octanol–water partition coefficient (Wildman–Crippen LogP) is 2.27. The highest BCUT2D eigenvalue weighted by atomic mass is 19.4. The van der Waals surface area contributed by atoms with Crippen molar-refractivity contribution in [2.45, 2.75) is 24.9 Å². The third-order valence-corrected chi connectivity index (χ3v) is 3.46. The predicted molar refractivity (Wildman–Crippen MR) is 69.0 cm³/mol. The molecule has 0 aromatic heterocycles. The van der Waals surface area contributed by atoms with Gasteiger partial charge in [-0.05, 0) is 43.0 Å². The number of primary amides is 1. The van der Waals surface area contributed by atoms with Gasteiger partial charge in [-0.2, -0.15) is 13.2 Å². The highest BCUT2D eigenvalue weighted by Crippen LogP contribution is 2.30. The Hall–Kier alpha value is -1.56. The molecular weight excluding hydrogens is 269 g/mol. The first-order valence-electron chi connectivity index (χ1n) is 6.55. The molecule has 1 amide bonds. The van der Waals surface area contributed by atoms with Crippen LogP contribution in [0, 0.1) is 5.92 Å². The van der Waals surface area contributed by atoms with Crippen LogP contribution in [0.4, 0.5) is 13.2 Å². The molecule has 0 unspecified atom stereocenters. The molecule has 0 heterocycles. The first kappa shape index (κ1) is 14.8. The molecular formula is C14H17F3N2O. The maximum atomic E-state index is 12.5. The maximum Gasteiger partial charge on any atom is 0.416 e. The van der Waals surface area contributed by atoms with E-state index in [0.29, 0.717) is 18.0 Å². The largest absolute Gasteiger partial charge is 0.416 e. The van der Waals surface area contributed by atoms with Crippen LogP contribution in [0.1, 0.15) is 29.9 Å². The van der Waals surface area contributed by atoms with Crippen LogP contribution in [0.3, 0.4) is 0 Å². The summed E-state index contributed by atoms with van der Waals surface area (Å²) >= 11 is 0. The van der Waals surface area contributed by atoms with Gasteiger partial charge in [0, 0.05) is 6.54 Å². The minimum absolute atomic E-state index is 0.358. The third kappa shape index (κ3) is 3.96. The second-order valence-corrected chi connectivity index (χ2v) is 5.18. The van der Waals surface area contributed by atoms with Crippen LogP contribution in [0.25, 0.3) is 0 Å². The van der Waals surface area contributed by atoms with Gasteiger partial charge in [0.15, 0.2) is 0 Å². The second-order valence-electron chi connectivity index (χ2n) is 5.18. The monoisotopic (exact) mass is 286 g/mol. The van der Waals surface area contributed by atoms with Gasteiger partial charge in [0.1, 0.15) is 0 Å². The second kappa shape index (κ2) is 5.83. The van der Waals surface area contributed by atoms with Crippen molar-refractivity contribution in [1.82, 2.24) is 5.32 Å². The van der Waals surface area contributed by atoms with Gasteiger partial charge in [-0.3, -0.25) is 4.79 Å². The zero-order chi connectivity index (χ0) is 14.8. The number of nitrogens with one attached hydrogen (secondary N) is 1. The fourth-order valence-corrected chi connectivity index (χ4v) is 2.04. The smallest absolute Gasteiger partial charge is 0.369 e. The third-order valence-electron chi connectivity index (χ3n) is 3.46. The zero-order valence-electron chi connectivity index (χ0n) is 10.9. The lowest BCUT2D eigenvalue weighted by Crippen LogP contribution is -2.32. The van der Waals surface area contributed by atoms with Gasteiger partial charge in [-0.25, -0.2) is 0 Å². The quantitative estimate of drug-likeness (QED) is 0.843. The number of amides is 1. The summed E-state index contributed by atoms with van der Waals surface area (Å²) < 4.78 is 37.4. The molecule has 0 bridgehead atoms. The first-order chi connectivity index (χ1) is 9.38. The molecule has 0 aliphatic heterocycles. The van der Waals surface area contributed by atoms with E-state index >= 15 is 0 Å². The summed E-state index contributed by atoms with van der Waals surface area (Å²) in [5, 5.41) is 3.15. The van der Waals surface area contributed by atoms with Crippen LogP contribution in [0.15, 0.2) is 24.3 Å². The van der Waals surface area contributed by atoms with E-state index < -0.39 is 23.6 Å². The van der Waals surface area contributed by atoms with Gasteiger partial charge >= 0.3 is 6.18 Å². The Bertz CT molecular complexity index is 466. The molecule has 3 nitrogen and oxygen atoms in total. The van der Waals surface area contributed by atoms with Gasteiger partial charge in [-0.1, -0.05) is 12.1 Å². The van der Waals surface area contributed by atoms with Crippen LogP contribution in [-0.2, 0) is 11.0 Å². The average Bonchev–Trinajstić information content (AvgIpc) is 3.17. The average molecular weight is 286 g/mol. The van der Waals surface area contributed by atoms with Crippen molar-refractivity contribution in [2.75, 3.05) is 13.1 Å². The number of rotatable bonds is 6. The fourth-order valence-electron chi connectivity index (χ4n) is 2.04. The van der Waals surface area contributed by atoms with Crippen molar-refractivity contribution < 1.29 is 18.0 Å². The Kier molecular flexibility index (Phi) is 4.32. The minimum atomic E-state index is -4.37. The Morgan fingerprint density at radius 2 is 1.90 bits per heavy atom. The van der Waals surface area contributed by atoms with Gasteiger partial charge in [0.25, 0.3) is 0 Å². The number of alkyl halides is 3. The molecule has 0 radical (unpaired) electrons. The van der Waals surface area contributed by atoms with Crippen molar-refractivity contribution in [3.63, 3.8) is 0 Å². The Labute approximate surface area is 115 Å². The lowest BCUT2D eigenvalue weighted by Gasteiger charge is -2.15. The number of nitrogens with two attached hydrogens (primary N) is 1. The molecule has 2 rings (SSSR count). The molecule has 1 aromatic rings. The molecule has 1 fully saturated rings. The highest BCUT2D eigenvalue weighted by molar-refractivity contribution is 5.82. The molecule has 1 aliphatic rings. The molecule has 20 heavy (non-hydrogen) atoms. The standard InChI is InChI=1S/C14H17F3N2O/c15-14(16,17)11-5-3-10(4-6-11)12(13(18)20)8-19-7-9-1-2-9/h3-6,9,12,19H,1-2,7-8H2,(H2,18,20)/t12-/m1/s1. The lowest BCUT2D eigenvalue weighted by molar-refractivity contribution is -0.137. The van der Waals surface area contributed by atoms with Gasteiger partial charge in [-0.15, -0.1) is 0 Å². The van der Waals surface area contributed by atoms with Crippen LogP contribution in [-0.4, -0.2) is 19.0 Å². The van der Waals surface area contributed by atoms with Crippen LogP contribution >= 0.6 is 0 Å². The van der Waals surface area contributed by atoms with E-state index in [-0.39, 0.29) is 0 Å². The van der Waals surface area contributed by atoms with E-state index in [4.69, 9.17) is 5.73 Å². The van der Waals surface area contributed by atoms with E-state index in [1.807, 2.05) is 0 Å². The molecule has 1 atom stereocenters. The fraction of sp³-hybridized carbons (Fsp3) is 0.500. The summed E-state index contributed by atoms with van der Waals surface area (Å²) in [5.41, 5.74) is 5.11.